The van der Waals surface area contributed by atoms with Crippen LogP contribution in [0.25, 0.3) is 0 Å². The van der Waals surface area contributed by atoms with Crippen LogP contribution in [-0.2, 0) is 30.5 Å². The van der Waals surface area contributed by atoms with Gasteiger partial charge in [-0.1, -0.05) is 30.3 Å². The summed E-state index contributed by atoms with van der Waals surface area (Å²) >= 11 is 0. The second-order valence-electron chi connectivity index (χ2n) is 4.82. The summed E-state index contributed by atoms with van der Waals surface area (Å²) in [6.45, 7) is 1.46. The quantitative estimate of drug-likeness (QED) is 0.406. The Bertz CT molecular complexity index is 561. The van der Waals surface area contributed by atoms with Gasteiger partial charge in [-0.15, -0.1) is 0 Å². The summed E-state index contributed by atoms with van der Waals surface area (Å²) in [5.74, 6) is -2.08. The summed E-state index contributed by atoms with van der Waals surface area (Å²) in [5.41, 5.74) is 5.84. The van der Waals surface area contributed by atoms with Gasteiger partial charge in [0.1, 0.15) is 18.7 Å². The van der Waals surface area contributed by atoms with Crippen molar-refractivity contribution >= 4 is 24.2 Å². The summed E-state index contributed by atoms with van der Waals surface area (Å²) in [7, 11) is 0. The fraction of sp³-hybridized carbons (Fsp3) is 0.333. The van der Waals surface area contributed by atoms with Gasteiger partial charge in [0.05, 0.1) is 6.42 Å². The Balaban J connectivity index is 2.53. The van der Waals surface area contributed by atoms with Crippen LogP contribution in [0.4, 0.5) is 0 Å². The molecular weight excluding hydrogens is 302 g/mol. The lowest BCUT2D eigenvalue weighted by Gasteiger charge is -2.17. The number of amides is 3. The van der Waals surface area contributed by atoms with Crippen molar-refractivity contribution in [2.24, 2.45) is 5.73 Å². The number of carbonyl (C=O) groups is 4. The predicted molar refractivity (Wildman–Crippen MR) is 80.6 cm³/mol. The molecule has 0 fully saturated rings. The Morgan fingerprint density at radius 3 is 2.48 bits per heavy atom. The van der Waals surface area contributed by atoms with Crippen molar-refractivity contribution in [2.75, 3.05) is 0 Å². The minimum atomic E-state index is -1.14. The number of nitrogens with two attached hydrogens (primary N) is 1. The van der Waals surface area contributed by atoms with E-state index in [0.717, 1.165) is 5.56 Å². The molecule has 0 aromatic heterocycles. The van der Waals surface area contributed by atoms with Gasteiger partial charge in [-0.25, -0.2) is 0 Å². The number of nitrogens with one attached hydrogen (secondary N) is 2. The third-order valence-corrected chi connectivity index (χ3v) is 2.98. The monoisotopic (exact) mass is 321 g/mol. The first-order valence-electron chi connectivity index (χ1n) is 6.93. The molecule has 8 nitrogen and oxygen atoms in total. The van der Waals surface area contributed by atoms with Crippen molar-refractivity contribution in [1.82, 2.24) is 10.6 Å². The molecule has 0 spiro atoms. The average Bonchev–Trinajstić information content (AvgIpc) is 2.53. The average molecular weight is 321 g/mol. The first kappa shape index (κ1) is 18.1. The smallest absolute Gasteiger partial charge is 0.308 e. The van der Waals surface area contributed by atoms with E-state index in [1.165, 1.54) is 6.92 Å². The fourth-order valence-electron chi connectivity index (χ4n) is 1.66. The lowest BCUT2D eigenvalue weighted by Crippen LogP contribution is -2.51. The number of benzene rings is 1. The largest absolute Gasteiger partial charge is 0.461 e. The number of esters is 1. The summed E-state index contributed by atoms with van der Waals surface area (Å²) in [6, 6.07) is 6.96. The lowest BCUT2D eigenvalue weighted by molar-refractivity contribution is -0.147. The van der Waals surface area contributed by atoms with E-state index in [1.54, 1.807) is 24.3 Å². The van der Waals surface area contributed by atoms with E-state index >= 15 is 0 Å². The molecule has 0 radical (unpaired) electrons. The molecule has 1 aromatic rings. The number of hydrogen-bond acceptors (Lipinski definition) is 5. The van der Waals surface area contributed by atoms with Gasteiger partial charge in [0.2, 0.25) is 18.2 Å². The predicted octanol–water partition coefficient (Wildman–Crippen LogP) is -0.775. The Morgan fingerprint density at radius 2 is 1.91 bits per heavy atom. The van der Waals surface area contributed by atoms with E-state index in [4.69, 9.17) is 10.5 Å². The number of ether oxygens (including phenoxy) is 1. The number of primary amides is 1. The summed E-state index contributed by atoms with van der Waals surface area (Å²) in [5, 5.41) is 4.51. The van der Waals surface area contributed by atoms with Gasteiger partial charge in [-0.2, -0.15) is 0 Å². The van der Waals surface area contributed by atoms with Crippen molar-refractivity contribution in [2.45, 2.75) is 32.0 Å². The van der Waals surface area contributed by atoms with E-state index in [0.29, 0.717) is 6.41 Å². The molecule has 0 aliphatic rings. The van der Waals surface area contributed by atoms with E-state index in [9.17, 15) is 19.2 Å². The van der Waals surface area contributed by atoms with Gasteiger partial charge in [0.25, 0.3) is 0 Å². The van der Waals surface area contributed by atoms with Crippen LogP contribution in [-0.4, -0.2) is 36.3 Å². The minimum Gasteiger partial charge on any atom is -0.461 e. The van der Waals surface area contributed by atoms with Crippen molar-refractivity contribution < 1.29 is 23.9 Å². The molecule has 124 valence electrons. The van der Waals surface area contributed by atoms with E-state index < -0.39 is 29.9 Å². The van der Waals surface area contributed by atoms with E-state index in [2.05, 4.69) is 10.6 Å². The van der Waals surface area contributed by atoms with Crippen molar-refractivity contribution in [3.63, 3.8) is 0 Å². The second-order valence-corrected chi connectivity index (χ2v) is 4.82. The van der Waals surface area contributed by atoms with Crippen LogP contribution in [0, 0.1) is 0 Å². The minimum absolute atomic E-state index is 0.0623. The van der Waals surface area contributed by atoms with Crippen LogP contribution in [0.1, 0.15) is 18.9 Å². The van der Waals surface area contributed by atoms with Gasteiger partial charge >= 0.3 is 5.97 Å². The molecule has 2 unspecified atom stereocenters. The number of hydrogen-bond donors (Lipinski definition) is 3. The van der Waals surface area contributed by atoms with Gasteiger partial charge < -0.3 is 21.1 Å². The Labute approximate surface area is 133 Å². The van der Waals surface area contributed by atoms with Crippen molar-refractivity contribution in [3.05, 3.63) is 35.9 Å². The highest BCUT2D eigenvalue weighted by Crippen LogP contribution is 2.03. The van der Waals surface area contributed by atoms with Crippen LogP contribution in [0.2, 0.25) is 0 Å². The van der Waals surface area contributed by atoms with Crippen molar-refractivity contribution in [1.29, 1.82) is 0 Å². The molecule has 8 heteroatoms. The first-order chi connectivity index (χ1) is 10.9. The number of rotatable bonds is 9. The topological polar surface area (TPSA) is 128 Å². The molecule has 0 bridgehead atoms. The first-order valence-corrected chi connectivity index (χ1v) is 6.93. The van der Waals surface area contributed by atoms with Gasteiger partial charge in [-0.05, 0) is 12.5 Å². The highest BCUT2D eigenvalue weighted by atomic mass is 16.5. The van der Waals surface area contributed by atoms with Crippen LogP contribution >= 0.6 is 0 Å². The Morgan fingerprint density at radius 1 is 1.26 bits per heavy atom. The normalized spacial score (nSPS) is 12.6. The molecule has 3 amide bonds. The summed E-state index contributed by atoms with van der Waals surface area (Å²) in [6.07, 6.45) is -0.0630. The third kappa shape index (κ3) is 6.60. The Kier molecular flexibility index (Phi) is 7.25. The zero-order chi connectivity index (χ0) is 17.2. The van der Waals surface area contributed by atoms with Gasteiger partial charge in [-0.3, -0.25) is 19.2 Å². The molecule has 4 N–H and O–H groups in total. The molecular formula is C15H19N3O5. The molecule has 0 saturated carbocycles. The molecule has 0 aliphatic heterocycles. The molecule has 1 aromatic carbocycles. The zero-order valence-corrected chi connectivity index (χ0v) is 12.7. The second kappa shape index (κ2) is 9.19. The van der Waals surface area contributed by atoms with E-state index in [-0.39, 0.29) is 13.0 Å². The van der Waals surface area contributed by atoms with Crippen LogP contribution < -0.4 is 16.4 Å². The highest BCUT2D eigenvalue weighted by molar-refractivity contribution is 5.91. The fourth-order valence-corrected chi connectivity index (χ4v) is 1.66. The maximum Gasteiger partial charge on any atom is 0.308 e. The van der Waals surface area contributed by atoms with Crippen LogP contribution in [0.15, 0.2) is 30.3 Å². The van der Waals surface area contributed by atoms with Crippen LogP contribution in [0.3, 0.4) is 0 Å². The van der Waals surface area contributed by atoms with Gasteiger partial charge in [0, 0.05) is 0 Å². The zero-order valence-electron chi connectivity index (χ0n) is 12.7. The van der Waals surface area contributed by atoms with E-state index in [1.807, 2.05) is 6.07 Å². The Hall–Kier alpha value is -2.90. The van der Waals surface area contributed by atoms with Crippen LogP contribution in [0.5, 0.6) is 0 Å². The molecule has 0 heterocycles. The summed E-state index contributed by atoms with van der Waals surface area (Å²) in [4.78, 5) is 45.2. The molecule has 0 saturated heterocycles. The van der Waals surface area contributed by atoms with Crippen molar-refractivity contribution in [3.8, 4) is 0 Å². The molecule has 1 rings (SSSR count). The summed E-state index contributed by atoms with van der Waals surface area (Å²) < 4.78 is 5.04. The molecule has 2 atom stereocenters. The molecule has 0 aliphatic carbocycles. The maximum atomic E-state index is 11.9. The highest BCUT2D eigenvalue weighted by Gasteiger charge is 2.24. The SMILES string of the molecule is CC(NC(=O)C(CC(=O)OCc1ccccc1)NC=O)C(N)=O. The number of carbonyl (C=O) groups excluding carboxylic acids is 4. The lowest BCUT2D eigenvalue weighted by atomic mass is 10.1. The third-order valence-electron chi connectivity index (χ3n) is 2.98. The van der Waals surface area contributed by atoms with Gasteiger partial charge in [0.15, 0.2) is 0 Å². The standard InChI is InChI=1S/C15H19N3O5/c1-10(14(16)21)18-15(22)12(17-9-19)7-13(20)23-8-11-5-3-2-4-6-11/h2-6,9-10,12H,7-8H2,1H3,(H2,16,21)(H,17,19)(H,18,22). The molecule has 23 heavy (non-hydrogen) atoms. The maximum absolute atomic E-state index is 11.9.